The summed E-state index contributed by atoms with van der Waals surface area (Å²) in [6.45, 7) is 9.72. The summed E-state index contributed by atoms with van der Waals surface area (Å²) in [5.41, 5.74) is 4.58. The van der Waals surface area contributed by atoms with Gasteiger partial charge in [-0.05, 0) is 81.3 Å². The molecule has 1 aliphatic rings. The molecular weight excluding hydrogens is 488 g/mol. The van der Waals surface area contributed by atoms with Gasteiger partial charge in [0.2, 0.25) is 0 Å². The molecule has 9 heteroatoms. The molecule has 2 amide bonds. The lowest BCUT2D eigenvalue weighted by atomic mass is 10.1. The Morgan fingerprint density at radius 1 is 0.973 bits per heavy atom. The van der Waals surface area contributed by atoms with Crippen molar-refractivity contribution >= 4 is 40.9 Å². The molecule has 0 saturated carbocycles. The third kappa shape index (κ3) is 5.41. The standard InChI is InChI=1S/C28H28N4O4S/c1-6-14-36-27(35)20-11-7-8-13-22(20)32-25(33)23(31-21-12-9-10-16(2)19(21)5)24(26(32)34)37-28-29-17(3)15-18(4)30-28/h7-13,15,31H,6,14H2,1-5H3. The zero-order valence-corrected chi connectivity index (χ0v) is 22.2. The minimum absolute atomic E-state index is 0.100. The first-order chi connectivity index (χ1) is 17.7. The first-order valence-electron chi connectivity index (χ1n) is 11.9. The molecule has 0 radical (unpaired) electrons. The van der Waals surface area contributed by atoms with Crippen molar-refractivity contribution in [3.8, 4) is 0 Å². The molecule has 0 atom stereocenters. The quantitative estimate of drug-likeness (QED) is 0.246. The number of hydrogen-bond donors (Lipinski definition) is 1. The number of nitrogens with one attached hydrogen (secondary N) is 1. The molecule has 3 aromatic rings. The highest BCUT2D eigenvalue weighted by Crippen LogP contribution is 2.38. The maximum absolute atomic E-state index is 13.8. The fourth-order valence-electron chi connectivity index (χ4n) is 3.90. The van der Waals surface area contributed by atoms with Crippen LogP contribution in [0, 0.1) is 27.7 Å². The first-order valence-corrected chi connectivity index (χ1v) is 12.8. The SMILES string of the molecule is CCCOC(=O)c1ccccc1N1C(=O)C(Nc2cccc(C)c2C)=C(Sc2nc(C)cc(C)n2)C1=O. The number of anilines is 2. The van der Waals surface area contributed by atoms with Gasteiger partial charge in [-0.3, -0.25) is 9.59 Å². The smallest absolute Gasteiger partial charge is 0.340 e. The summed E-state index contributed by atoms with van der Waals surface area (Å²) in [6, 6.07) is 14.0. The number of aromatic nitrogens is 2. The summed E-state index contributed by atoms with van der Waals surface area (Å²) in [5, 5.41) is 3.54. The lowest BCUT2D eigenvalue weighted by Gasteiger charge is -2.18. The van der Waals surface area contributed by atoms with Crippen LogP contribution < -0.4 is 10.2 Å². The van der Waals surface area contributed by atoms with Crippen LogP contribution in [0.15, 0.2) is 64.3 Å². The molecule has 2 aromatic carbocycles. The van der Waals surface area contributed by atoms with E-state index in [4.69, 9.17) is 4.74 Å². The van der Waals surface area contributed by atoms with Gasteiger partial charge in [0.1, 0.15) is 10.6 Å². The van der Waals surface area contributed by atoms with Gasteiger partial charge in [-0.15, -0.1) is 0 Å². The Bertz CT molecular complexity index is 1410. The molecule has 1 aliphatic heterocycles. The van der Waals surface area contributed by atoms with Gasteiger partial charge in [0.15, 0.2) is 5.16 Å². The van der Waals surface area contributed by atoms with E-state index >= 15 is 0 Å². The average molecular weight is 517 g/mol. The van der Waals surface area contributed by atoms with Gasteiger partial charge in [0, 0.05) is 17.1 Å². The molecule has 0 fully saturated rings. The van der Waals surface area contributed by atoms with Gasteiger partial charge >= 0.3 is 5.97 Å². The van der Waals surface area contributed by atoms with Crippen molar-refractivity contribution in [2.75, 3.05) is 16.8 Å². The summed E-state index contributed by atoms with van der Waals surface area (Å²) >= 11 is 1.02. The predicted octanol–water partition coefficient (Wildman–Crippen LogP) is 5.27. The number of ether oxygens (including phenoxy) is 1. The van der Waals surface area contributed by atoms with Gasteiger partial charge in [0.25, 0.3) is 11.8 Å². The Morgan fingerprint density at radius 2 is 1.68 bits per heavy atom. The van der Waals surface area contributed by atoms with Crippen molar-refractivity contribution in [3.63, 3.8) is 0 Å². The molecule has 0 unspecified atom stereocenters. The van der Waals surface area contributed by atoms with Gasteiger partial charge in [-0.25, -0.2) is 19.7 Å². The second kappa shape index (κ2) is 11.0. The van der Waals surface area contributed by atoms with Crippen molar-refractivity contribution in [1.29, 1.82) is 0 Å². The Morgan fingerprint density at radius 3 is 2.38 bits per heavy atom. The van der Waals surface area contributed by atoms with Gasteiger partial charge in [-0.2, -0.15) is 0 Å². The number of hydrogen-bond acceptors (Lipinski definition) is 8. The number of carbonyl (C=O) groups is 3. The fraction of sp³-hybridized carbons (Fsp3) is 0.250. The van der Waals surface area contributed by atoms with E-state index < -0.39 is 17.8 Å². The lowest BCUT2D eigenvalue weighted by molar-refractivity contribution is -0.120. The van der Waals surface area contributed by atoms with Crippen molar-refractivity contribution in [2.45, 2.75) is 46.2 Å². The first kappa shape index (κ1) is 26.1. The summed E-state index contributed by atoms with van der Waals surface area (Å²) < 4.78 is 5.31. The zero-order valence-electron chi connectivity index (χ0n) is 21.4. The van der Waals surface area contributed by atoms with Crippen LogP contribution in [-0.2, 0) is 14.3 Å². The van der Waals surface area contributed by atoms with E-state index in [1.165, 1.54) is 0 Å². The number of nitrogens with zero attached hydrogens (tertiary/aromatic N) is 3. The Labute approximate surface area is 220 Å². The number of esters is 1. The second-order valence-corrected chi connectivity index (χ2v) is 9.69. The highest BCUT2D eigenvalue weighted by molar-refractivity contribution is 8.04. The van der Waals surface area contributed by atoms with E-state index in [-0.39, 0.29) is 28.5 Å². The predicted molar refractivity (Wildman–Crippen MR) is 143 cm³/mol. The molecule has 0 aliphatic carbocycles. The highest BCUT2D eigenvalue weighted by atomic mass is 32.2. The molecule has 0 saturated heterocycles. The molecule has 0 bridgehead atoms. The Hall–Kier alpha value is -3.98. The van der Waals surface area contributed by atoms with Crippen molar-refractivity contribution in [3.05, 3.63) is 87.2 Å². The second-order valence-electron chi connectivity index (χ2n) is 8.71. The summed E-state index contributed by atoms with van der Waals surface area (Å²) in [4.78, 5) is 50.4. The molecule has 0 spiro atoms. The minimum Gasteiger partial charge on any atom is -0.462 e. The van der Waals surface area contributed by atoms with Crippen LogP contribution >= 0.6 is 11.8 Å². The van der Waals surface area contributed by atoms with Crippen LogP contribution in [0.2, 0.25) is 0 Å². The highest BCUT2D eigenvalue weighted by Gasteiger charge is 2.42. The van der Waals surface area contributed by atoms with Gasteiger partial charge in [-0.1, -0.05) is 31.2 Å². The third-order valence-corrected chi connectivity index (χ3v) is 6.81. The maximum atomic E-state index is 13.8. The summed E-state index contributed by atoms with van der Waals surface area (Å²) in [5.74, 6) is -1.74. The molecule has 1 N–H and O–H groups in total. The minimum atomic E-state index is -0.596. The van der Waals surface area contributed by atoms with E-state index in [1.54, 1.807) is 24.3 Å². The van der Waals surface area contributed by atoms with E-state index in [1.807, 2.05) is 58.9 Å². The largest absolute Gasteiger partial charge is 0.462 e. The van der Waals surface area contributed by atoms with Gasteiger partial charge in [0.05, 0.1) is 17.9 Å². The number of para-hydroxylation sites is 1. The topological polar surface area (TPSA) is 101 Å². The van der Waals surface area contributed by atoms with Crippen molar-refractivity contribution in [1.82, 2.24) is 9.97 Å². The van der Waals surface area contributed by atoms with E-state index in [0.29, 0.717) is 17.3 Å². The Balaban J connectivity index is 1.80. The van der Waals surface area contributed by atoms with Crippen molar-refractivity contribution < 1.29 is 19.1 Å². The Kier molecular flexibility index (Phi) is 7.73. The lowest BCUT2D eigenvalue weighted by Crippen LogP contribution is -2.34. The van der Waals surface area contributed by atoms with Crippen LogP contribution in [0.25, 0.3) is 0 Å². The number of amides is 2. The molecular formula is C28H28N4O4S. The molecule has 8 nitrogen and oxygen atoms in total. The van der Waals surface area contributed by atoms with Crippen LogP contribution in [0.3, 0.4) is 0 Å². The average Bonchev–Trinajstić information content (AvgIpc) is 3.08. The number of aryl methyl sites for hydroxylation is 3. The number of thioether (sulfide) groups is 1. The van der Waals surface area contributed by atoms with Crippen LogP contribution in [-0.4, -0.2) is 34.4 Å². The maximum Gasteiger partial charge on any atom is 0.340 e. The third-order valence-electron chi connectivity index (χ3n) is 5.86. The monoisotopic (exact) mass is 516 g/mol. The zero-order chi connectivity index (χ0) is 26.7. The van der Waals surface area contributed by atoms with Gasteiger partial charge < -0.3 is 10.1 Å². The molecule has 1 aromatic heterocycles. The molecule has 4 rings (SSSR count). The number of imide groups is 1. The molecule has 37 heavy (non-hydrogen) atoms. The van der Waals surface area contributed by atoms with Crippen LogP contribution in [0.5, 0.6) is 0 Å². The van der Waals surface area contributed by atoms with E-state index in [2.05, 4.69) is 15.3 Å². The number of rotatable bonds is 8. The molecule has 2 heterocycles. The molecule has 190 valence electrons. The van der Waals surface area contributed by atoms with Crippen LogP contribution in [0.1, 0.15) is 46.2 Å². The summed E-state index contributed by atoms with van der Waals surface area (Å²) in [7, 11) is 0. The number of benzene rings is 2. The fourth-order valence-corrected chi connectivity index (χ4v) is 4.88. The van der Waals surface area contributed by atoms with Crippen molar-refractivity contribution in [2.24, 2.45) is 0 Å². The number of carbonyl (C=O) groups excluding carboxylic acids is 3. The normalized spacial score (nSPS) is 13.4. The summed E-state index contributed by atoms with van der Waals surface area (Å²) in [6.07, 6.45) is 0.650. The van der Waals surface area contributed by atoms with E-state index in [9.17, 15) is 14.4 Å². The van der Waals surface area contributed by atoms with Crippen LogP contribution in [0.4, 0.5) is 11.4 Å². The van der Waals surface area contributed by atoms with E-state index in [0.717, 1.165) is 39.2 Å².